The van der Waals surface area contributed by atoms with Gasteiger partial charge in [0.05, 0.1) is 6.10 Å². The number of β-amino-alcohol motifs (C(OH)–C–C–N with tert-alkyl or cyclic N) is 1. The summed E-state index contributed by atoms with van der Waals surface area (Å²) in [7, 11) is -3.31. The lowest BCUT2D eigenvalue weighted by molar-refractivity contribution is 0.188. The summed E-state index contributed by atoms with van der Waals surface area (Å²) in [5, 5.41) is 9.39. The standard InChI is InChI=1S/C10H20N2O3S/c13-10-5-8-12(9-10)16(14,15)11-6-3-1-2-4-7-11/h10,13H,1-9H2. The van der Waals surface area contributed by atoms with Crippen LogP contribution >= 0.6 is 0 Å². The second kappa shape index (κ2) is 5.00. The van der Waals surface area contributed by atoms with Crippen molar-refractivity contribution in [3.05, 3.63) is 0 Å². The van der Waals surface area contributed by atoms with E-state index in [2.05, 4.69) is 0 Å². The van der Waals surface area contributed by atoms with Gasteiger partial charge in [-0.3, -0.25) is 0 Å². The summed E-state index contributed by atoms with van der Waals surface area (Å²) in [6.07, 6.45) is 4.23. The summed E-state index contributed by atoms with van der Waals surface area (Å²) in [5.74, 6) is 0. The lowest BCUT2D eigenvalue weighted by Crippen LogP contribution is -2.43. The minimum Gasteiger partial charge on any atom is -0.392 e. The van der Waals surface area contributed by atoms with Gasteiger partial charge < -0.3 is 5.11 Å². The number of nitrogens with zero attached hydrogens (tertiary/aromatic N) is 2. The van der Waals surface area contributed by atoms with Crippen LogP contribution in [0.3, 0.4) is 0 Å². The molecule has 16 heavy (non-hydrogen) atoms. The first-order valence-electron chi connectivity index (χ1n) is 6.04. The second-order valence-electron chi connectivity index (χ2n) is 4.62. The van der Waals surface area contributed by atoms with Gasteiger partial charge in [0.2, 0.25) is 0 Å². The molecule has 2 aliphatic rings. The summed E-state index contributed by atoms with van der Waals surface area (Å²) in [6.45, 7) is 1.99. The van der Waals surface area contributed by atoms with E-state index in [0.717, 1.165) is 25.7 Å². The Balaban J connectivity index is 2.05. The molecule has 0 aliphatic carbocycles. The number of rotatable bonds is 2. The zero-order chi connectivity index (χ0) is 11.6. The van der Waals surface area contributed by atoms with E-state index in [9.17, 15) is 13.5 Å². The van der Waals surface area contributed by atoms with Gasteiger partial charge >= 0.3 is 0 Å². The number of hydrogen-bond acceptors (Lipinski definition) is 3. The highest BCUT2D eigenvalue weighted by Crippen LogP contribution is 2.20. The van der Waals surface area contributed by atoms with Crippen LogP contribution in [-0.4, -0.2) is 54.4 Å². The average Bonchev–Trinajstić information content (AvgIpc) is 2.54. The van der Waals surface area contributed by atoms with E-state index in [4.69, 9.17) is 0 Å². The van der Waals surface area contributed by atoms with Crippen LogP contribution in [0.15, 0.2) is 0 Å². The van der Waals surface area contributed by atoms with Gasteiger partial charge in [-0.1, -0.05) is 12.8 Å². The zero-order valence-corrected chi connectivity index (χ0v) is 10.3. The molecule has 2 saturated heterocycles. The Labute approximate surface area is 97.2 Å². The summed E-state index contributed by atoms with van der Waals surface area (Å²) < 4.78 is 27.5. The van der Waals surface area contributed by atoms with Crippen molar-refractivity contribution in [2.24, 2.45) is 0 Å². The SMILES string of the molecule is O=S(=O)(N1CCCCCC1)N1CCC(O)C1. The van der Waals surface area contributed by atoms with Crippen LogP contribution in [0.5, 0.6) is 0 Å². The smallest absolute Gasteiger partial charge is 0.282 e. The molecular formula is C10H20N2O3S. The minimum absolute atomic E-state index is 0.263. The zero-order valence-electron chi connectivity index (χ0n) is 9.51. The topological polar surface area (TPSA) is 60.9 Å². The Kier molecular flexibility index (Phi) is 3.84. The predicted molar refractivity (Wildman–Crippen MR) is 61.2 cm³/mol. The van der Waals surface area contributed by atoms with E-state index in [-0.39, 0.29) is 6.54 Å². The second-order valence-corrected chi connectivity index (χ2v) is 6.55. The van der Waals surface area contributed by atoms with Gasteiger partial charge in [-0.15, -0.1) is 0 Å². The molecular weight excluding hydrogens is 228 g/mol. The lowest BCUT2D eigenvalue weighted by Gasteiger charge is -2.25. The molecule has 1 N–H and O–H groups in total. The van der Waals surface area contributed by atoms with Crippen molar-refractivity contribution >= 4 is 10.2 Å². The monoisotopic (exact) mass is 248 g/mol. The van der Waals surface area contributed by atoms with E-state index in [1.54, 1.807) is 4.31 Å². The van der Waals surface area contributed by atoms with Gasteiger partial charge in [-0.2, -0.15) is 17.0 Å². The normalized spacial score (nSPS) is 30.4. The maximum Gasteiger partial charge on any atom is 0.282 e. The number of aliphatic hydroxyl groups is 1. The maximum absolute atomic E-state index is 12.2. The fraction of sp³-hybridized carbons (Fsp3) is 1.00. The first-order valence-corrected chi connectivity index (χ1v) is 7.44. The molecule has 0 bridgehead atoms. The molecule has 0 spiro atoms. The molecule has 0 saturated carbocycles. The molecule has 0 aromatic carbocycles. The van der Waals surface area contributed by atoms with E-state index >= 15 is 0 Å². The highest BCUT2D eigenvalue weighted by Gasteiger charge is 2.34. The summed E-state index contributed by atoms with van der Waals surface area (Å²) in [5.41, 5.74) is 0. The molecule has 2 heterocycles. The van der Waals surface area contributed by atoms with Crippen LogP contribution in [0.1, 0.15) is 32.1 Å². The molecule has 1 atom stereocenters. The van der Waals surface area contributed by atoms with Crippen molar-refractivity contribution in [1.82, 2.24) is 8.61 Å². The molecule has 0 aromatic heterocycles. The lowest BCUT2D eigenvalue weighted by atomic mass is 10.2. The Bertz CT molecular complexity index is 323. The van der Waals surface area contributed by atoms with Gasteiger partial charge in [0.15, 0.2) is 0 Å². The third kappa shape index (κ3) is 2.56. The Morgan fingerprint density at radius 3 is 2.06 bits per heavy atom. The van der Waals surface area contributed by atoms with Crippen molar-refractivity contribution in [3.63, 3.8) is 0 Å². The predicted octanol–water partition coefficient (Wildman–Crippen LogP) is 0.174. The number of hydrogen-bond donors (Lipinski definition) is 1. The van der Waals surface area contributed by atoms with E-state index in [1.165, 1.54) is 4.31 Å². The fourth-order valence-electron chi connectivity index (χ4n) is 2.36. The first-order chi connectivity index (χ1) is 7.60. The van der Waals surface area contributed by atoms with Crippen LogP contribution in [0.2, 0.25) is 0 Å². The minimum atomic E-state index is -3.31. The summed E-state index contributed by atoms with van der Waals surface area (Å²) in [6, 6.07) is 0. The number of aliphatic hydroxyl groups excluding tert-OH is 1. The molecule has 0 radical (unpaired) electrons. The Morgan fingerprint density at radius 1 is 0.938 bits per heavy atom. The van der Waals surface area contributed by atoms with Crippen molar-refractivity contribution in [1.29, 1.82) is 0 Å². The average molecular weight is 248 g/mol. The van der Waals surface area contributed by atoms with Crippen molar-refractivity contribution in [2.45, 2.75) is 38.2 Å². The molecule has 5 nitrogen and oxygen atoms in total. The van der Waals surface area contributed by atoms with E-state index in [0.29, 0.717) is 26.1 Å². The molecule has 0 aromatic rings. The highest BCUT2D eigenvalue weighted by atomic mass is 32.2. The van der Waals surface area contributed by atoms with Crippen LogP contribution in [0.4, 0.5) is 0 Å². The molecule has 94 valence electrons. The largest absolute Gasteiger partial charge is 0.392 e. The van der Waals surface area contributed by atoms with Gasteiger partial charge in [-0.25, -0.2) is 0 Å². The van der Waals surface area contributed by atoms with Gasteiger partial charge in [0.1, 0.15) is 0 Å². The molecule has 6 heteroatoms. The van der Waals surface area contributed by atoms with Crippen LogP contribution in [-0.2, 0) is 10.2 Å². The van der Waals surface area contributed by atoms with E-state index in [1.807, 2.05) is 0 Å². The van der Waals surface area contributed by atoms with Crippen LogP contribution in [0.25, 0.3) is 0 Å². The molecule has 1 unspecified atom stereocenters. The molecule has 2 fully saturated rings. The fourth-order valence-corrected chi connectivity index (χ4v) is 4.10. The summed E-state index contributed by atoms with van der Waals surface area (Å²) >= 11 is 0. The quantitative estimate of drug-likeness (QED) is 0.758. The van der Waals surface area contributed by atoms with Gasteiger partial charge in [-0.05, 0) is 19.3 Å². The highest BCUT2D eigenvalue weighted by molar-refractivity contribution is 7.86. The summed E-state index contributed by atoms with van der Waals surface area (Å²) in [4.78, 5) is 0. The van der Waals surface area contributed by atoms with Gasteiger partial charge in [0.25, 0.3) is 10.2 Å². The van der Waals surface area contributed by atoms with Gasteiger partial charge in [0, 0.05) is 26.2 Å². The third-order valence-electron chi connectivity index (χ3n) is 3.34. The Hall–Kier alpha value is -0.170. The van der Waals surface area contributed by atoms with Crippen LogP contribution in [0, 0.1) is 0 Å². The van der Waals surface area contributed by atoms with Crippen molar-refractivity contribution in [3.8, 4) is 0 Å². The molecule has 0 amide bonds. The van der Waals surface area contributed by atoms with Crippen molar-refractivity contribution < 1.29 is 13.5 Å². The Morgan fingerprint density at radius 2 is 1.56 bits per heavy atom. The van der Waals surface area contributed by atoms with Crippen molar-refractivity contribution in [2.75, 3.05) is 26.2 Å². The maximum atomic E-state index is 12.2. The first kappa shape index (κ1) is 12.3. The third-order valence-corrected chi connectivity index (χ3v) is 5.35. The molecule has 2 aliphatic heterocycles. The molecule has 2 rings (SSSR count). The van der Waals surface area contributed by atoms with Crippen LogP contribution < -0.4 is 0 Å². The van der Waals surface area contributed by atoms with E-state index < -0.39 is 16.3 Å².